The SMILES string of the molecule is CC(=O)NCCC(=O)Nc1ccc(-c2nc3cc(C)ccc3s2)cc1. The number of amides is 2. The number of aryl methyl sites for hydroxylation is 1. The summed E-state index contributed by atoms with van der Waals surface area (Å²) in [4.78, 5) is 27.3. The van der Waals surface area contributed by atoms with E-state index >= 15 is 0 Å². The van der Waals surface area contributed by atoms with Gasteiger partial charge in [0.2, 0.25) is 11.8 Å². The van der Waals surface area contributed by atoms with E-state index in [0.29, 0.717) is 6.54 Å². The van der Waals surface area contributed by atoms with Crippen molar-refractivity contribution in [3.05, 3.63) is 48.0 Å². The number of thiazole rings is 1. The van der Waals surface area contributed by atoms with Crippen molar-refractivity contribution in [2.45, 2.75) is 20.3 Å². The van der Waals surface area contributed by atoms with E-state index in [1.165, 1.54) is 12.5 Å². The Morgan fingerprint density at radius 3 is 2.60 bits per heavy atom. The lowest BCUT2D eigenvalue weighted by molar-refractivity contribution is -0.119. The van der Waals surface area contributed by atoms with Crippen LogP contribution in [-0.2, 0) is 9.59 Å². The Hall–Kier alpha value is -2.73. The van der Waals surface area contributed by atoms with Crippen LogP contribution in [0.5, 0.6) is 0 Å². The van der Waals surface area contributed by atoms with Gasteiger partial charge in [-0.25, -0.2) is 4.98 Å². The Morgan fingerprint density at radius 1 is 1.12 bits per heavy atom. The number of nitrogens with zero attached hydrogens (tertiary/aromatic N) is 1. The predicted molar refractivity (Wildman–Crippen MR) is 102 cm³/mol. The molecule has 6 heteroatoms. The van der Waals surface area contributed by atoms with Crippen molar-refractivity contribution in [2.75, 3.05) is 11.9 Å². The zero-order valence-electron chi connectivity index (χ0n) is 14.1. The van der Waals surface area contributed by atoms with Gasteiger partial charge in [0.25, 0.3) is 0 Å². The van der Waals surface area contributed by atoms with Crippen LogP contribution in [0.15, 0.2) is 42.5 Å². The van der Waals surface area contributed by atoms with E-state index in [-0.39, 0.29) is 18.2 Å². The topological polar surface area (TPSA) is 71.1 Å². The van der Waals surface area contributed by atoms with E-state index < -0.39 is 0 Å². The quantitative estimate of drug-likeness (QED) is 0.734. The Balaban J connectivity index is 1.66. The van der Waals surface area contributed by atoms with E-state index in [9.17, 15) is 9.59 Å². The van der Waals surface area contributed by atoms with Crippen LogP contribution in [0.3, 0.4) is 0 Å². The van der Waals surface area contributed by atoms with Crippen LogP contribution < -0.4 is 10.6 Å². The molecule has 1 heterocycles. The molecule has 0 atom stereocenters. The molecule has 3 aromatic rings. The van der Waals surface area contributed by atoms with E-state index in [4.69, 9.17) is 0 Å². The van der Waals surface area contributed by atoms with Crippen LogP contribution in [0, 0.1) is 6.92 Å². The highest BCUT2D eigenvalue weighted by molar-refractivity contribution is 7.21. The molecule has 2 aromatic carbocycles. The molecule has 0 fully saturated rings. The van der Waals surface area contributed by atoms with E-state index in [0.717, 1.165) is 26.5 Å². The van der Waals surface area contributed by atoms with Gasteiger partial charge in [0, 0.05) is 31.1 Å². The third-order valence-corrected chi connectivity index (χ3v) is 4.77. The maximum absolute atomic E-state index is 11.8. The molecule has 0 bridgehead atoms. The average molecular weight is 353 g/mol. The Morgan fingerprint density at radius 2 is 1.88 bits per heavy atom. The fourth-order valence-electron chi connectivity index (χ4n) is 2.43. The van der Waals surface area contributed by atoms with Gasteiger partial charge in [-0.05, 0) is 48.9 Å². The molecule has 128 valence electrons. The molecule has 0 aliphatic heterocycles. The number of aromatic nitrogens is 1. The number of carbonyl (C=O) groups excluding carboxylic acids is 2. The van der Waals surface area contributed by atoms with Crippen molar-refractivity contribution in [2.24, 2.45) is 0 Å². The van der Waals surface area contributed by atoms with Crippen LogP contribution in [0.2, 0.25) is 0 Å². The summed E-state index contributed by atoms with van der Waals surface area (Å²) in [5.41, 5.74) is 3.96. The molecule has 0 saturated carbocycles. The van der Waals surface area contributed by atoms with Crippen LogP contribution in [-0.4, -0.2) is 23.3 Å². The van der Waals surface area contributed by atoms with Crippen molar-refractivity contribution in [1.82, 2.24) is 10.3 Å². The van der Waals surface area contributed by atoms with Gasteiger partial charge in [-0.2, -0.15) is 0 Å². The second-order valence-electron chi connectivity index (χ2n) is 5.85. The number of rotatable bonds is 5. The van der Waals surface area contributed by atoms with Crippen molar-refractivity contribution in [3.63, 3.8) is 0 Å². The number of hydrogen-bond donors (Lipinski definition) is 2. The van der Waals surface area contributed by atoms with Crippen LogP contribution in [0.4, 0.5) is 5.69 Å². The third-order valence-electron chi connectivity index (χ3n) is 3.68. The van der Waals surface area contributed by atoms with Crippen LogP contribution in [0.25, 0.3) is 20.8 Å². The zero-order valence-corrected chi connectivity index (χ0v) is 14.9. The fraction of sp³-hybridized carbons (Fsp3) is 0.211. The van der Waals surface area contributed by atoms with Gasteiger partial charge in [0.05, 0.1) is 10.2 Å². The molecule has 25 heavy (non-hydrogen) atoms. The first-order chi connectivity index (χ1) is 12.0. The van der Waals surface area contributed by atoms with E-state index in [1.54, 1.807) is 11.3 Å². The molecular weight excluding hydrogens is 334 g/mol. The summed E-state index contributed by atoms with van der Waals surface area (Å²) in [6.45, 7) is 3.83. The number of nitrogens with one attached hydrogen (secondary N) is 2. The van der Waals surface area contributed by atoms with Crippen molar-refractivity contribution in [3.8, 4) is 10.6 Å². The highest BCUT2D eigenvalue weighted by Crippen LogP contribution is 2.31. The van der Waals surface area contributed by atoms with Crippen molar-refractivity contribution < 1.29 is 9.59 Å². The van der Waals surface area contributed by atoms with Gasteiger partial charge in [-0.1, -0.05) is 6.07 Å². The molecule has 2 amide bonds. The average Bonchev–Trinajstić information content (AvgIpc) is 2.98. The van der Waals surface area contributed by atoms with Gasteiger partial charge >= 0.3 is 0 Å². The summed E-state index contributed by atoms with van der Waals surface area (Å²) in [6, 6.07) is 13.9. The first kappa shape index (κ1) is 17.1. The first-order valence-electron chi connectivity index (χ1n) is 8.03. The number of hydrogen-bond acceptors (Lipinski definition) is 4. The number of anilines is 1. The van der Waals surface area contributed by atoms with Gasteiger partial charge in [0.1, 0.15) is 5.01 Å². The molecule has 1 aromatic heterocycles. The molecule has 3 rings (SSSR count). The fourth-order valence-corrected chi connectivity index (χ4v) is 3.38. The second kappa shape index (κ2) is 7.44. The highest BCUT2D eigenvalue weighted by Gasteiger charge is 2.07. The van der Waals surface area contributed by atoms with Gasteiger partial charge < -0.3 is 10.6 Å². The monoisotopic (exact) mass is 353 g/mol. The van der Waals surface area contributed by atoms with Crippen LogP contribution >= 0.6 is 11.3 Å². The summed E-state index contributed by atoms with van der Waals surface area (Å²) in [5.74, 6) is -0.264. The van der Waals surface area contributed by atoms with Crippen molar-refractivity contribution >= 4 is 39.1 Å². The molecule has 0 saturated heterocycles. The molecule has 2 N–H and O–H groups in total. The summed E-state index contributed by atoms with van der Waals surface area (Å²) >= 11 is 1.65. The predicted octanol–water partition coefficient (Wildman–Crippen LogP) is 3.74. The molecule has 0 unspecified atom stereocenters. The minimum atomic E-state index is -0.136. The Kier molecular flexibility index (Phi) is 5.09. The van der Waals surface area contributed by atoms with E-state index in [1.807, 2.05) is 24.3 Å². The number of carbonyl (C=O) groups is 2. The lowest BCUT2D eigenvalue weighted by Gasteiger charge is -2.06. The van der Waals surface area contributed by atoms with Gasteiger partial charge in [-0.3, -0.25) is 9.59 Å². The normalized spacial score (nSPS) is 10.6. The number of fused-ring (bicyclic) bond motifs is 1. The summed E-state index contributed by atoms with van der Waals surface area (Å²) in [7, 11) is 0. The lowest BCUT2D eigenvalue weighted by atomic mass is 10.2. The van der Waals surface area contributed by atoms with Gasteiger partial charge in [-0.15, -0.1) is 11.3 Å². The molecule has 0 spiro atoms. The maximum atomic E-state index is 11.8. The largest absolute Gasteiger partial charge is 0.356 e. The minimum absolute atomic E-state index is 0.128. The molecule has 0 aliphatic rings. The maximum Gasteiger partial charge on any atom is 0.226 e. The van der Waals surface area contributed by atoms with Crippen LogP contribution in [0.1, 0.15) is 18.9 Å². The molecular formula is C19H19N3O2S. The minimum Gasteiger partial charge on any atom is -0.356 e. The summed E-state index contributed by atoms with van der Waals surface area (Å²) < 4.78 is 1.16. The van der Waals surface area contributed by atoms with Gasteiger partial charge in [0.15, 0.2) is 0 Å². The first-order valence-corrected chi connectivity index (χ1v) is 8.85. The summed E-state index contributed by atoms with van der Waals surface area (Å²) in [5, 5.41) is 6.39. The number of benzene rings is 2. The third kappa shape index (κ3) is 4.42. The molecule has 5 nitrogen and oxygen atoms in total. The summed E-state index contributed by atoms with van der Waals surface area (Å²) in [6.07, 6.45) is 0.249. The smallest absolute Gasteiger partial charge is 0.226 e. The Labute approximate surface area is 150 Å². The zero-order chi connectivity index (χ0) is 17.8. The Bertz CT molecular complexity index is 916. The molecule has 0 radical (unpaired) electrons. The highest BCUT2D eigenvalue weighted by atomic mass is 32.1. The van der Waals surface area contributed by atoms with E-state index in [2.05, 4.69) is 40.7 Å². The van der Waals surface area contributed by atoms with Crippen molar-refractivity contribution in [1.29, 1.82) is 0 Å². The standard InChI is InChI=1S/C19H19N3O2S/c1-12-3-8-17-16(11-12)22-19(25-17)14-4-6-15(7-5-14)21-18(24)9-10-20-13(2)23/h3-8,11H,9-10H2,1-2H3,(H,20,23)(H,21,24). The lowest BCUT2D eigenvalue weighted by Crippen LogP contribution is -2.25. The molecule has 0 aliphatic carbocycles. The second-order valence-corrected chi connectivity index (χ2v) is 6.88.